The fourth-order valence-electron chi connectivity index (χ4n) is 2.92. The third-order valence-corrected chi connectivity index (χ3v) is 5.56. The molecule has 0 saturated heterocycles. The van der Waals surface area contributed by atoms with Gasteiger partial charge < -0.3 is 20.3 Å². The Bertz CT molecular complexity index is 1070. The Balaban J connectivity index is 0.000000534. The van der Waals surface area contributed by atoms with E-state index in [4.69, 9.17) is 24.5 Å². The van der Waals surface area contributed by atoms with Crippen molar-refractivity contribution in [2.24, 2.45) is 0 Å². The monoisotopic (exact) mass is 469 g/mol. The number of nitrogens with one attached hydrogen (secondary N) is 1. The van der Waals surface area contributed by atoms with Crippen LogP contribution in [-0.2, 0) is 15.8 Å². The fraction of sp³-hybridized carbons (Fsp3) is 0.273. The summed E-state index contributed by atoms with van der Waals surface area (Å²) < 4.78 is 46.1. The van der Waals surface area contributed by atoms with E-state index in [1.807, 2.05) is 25.4 Å². The van der Waals surface area contributed by atoms with E-state index in [0.717, 1.165) is 16.5 Å². The quantitative estimate of drug-likeness (QED) is 0.434. The minimum atomic E-state index is -4.42. The summed E-state index contributed by atoms with van der Waals surface area (Å²) in [6.45, 7) is 2.70. The normalized spacial score (nSPS) is 12.0. The number of aryl methyl sites for hydroxylation is 1. The van der Waals surface area contributed by atoms with Crippen LogP contribution in [0.25, 0.3) is 10.8 Å². The highest BCUT2D eigenvalue weighted by molar-refractivity contribution is 7.10. The van der Waals surface area contributed by atoms with Crippen LogP contribution >= 0.6 is 11.3 Å². The molecule has 0 aliphatic heterocycles. The molecule has 6 nitrogen and oxygen atoms in total. The maximum atomic E-state index is 13.3. The molecule has 10 heteroatoms. The van der Waals surface area contributed by atoms with Crippen molar-refractivity contribution < 1.29 is 37.7 Å². The SMILES string of the molecule is CNCCC(Oc1cc(C(F)(F)F)cc2ccccc12)c1sccc1C.O=C(O)C(=O)O. The lowest BCUT2D eigenvalue weighted by Crippen LogP contribution is -2.16. The highest BCUT2D eigenvalue weighted by atomic mass is 32.1. The van der Waals surface area contributed by atoms with Gasteiger partial charge in [-0.15, -0.1) is 11.3 Å². The van der Waals surface area contributed by atoms with E-state index in [0.29, 0.717) is 23.7 Å². The Labute approximate surface area is 186 Å². The highest BCUT2D eigenvalue weighted by Gasteiger charge is 2.32. The molecule has 172 valence electrons. The van der Waals surface area contributed by atoms with Crippen LogP contribution in [-0.4, -0.2) is 35.7 Å². The Hall–Kier alpha value is -3.11. The summed E-state index contributed by atoms with van der Waals surface area (Å²) in [5, 5.41) is 21.0. The number of aliphatic carboxylic acids is 2. The zero-order valence-corrected chi connectivity index (χ0v) is 18.1. The van der Waals surface area contributed by atoms with Gasteiger partial charge in [0, 0.05) is 16.7 Å². The van der Waals surface area contributed by atoms with Gasteiger partial charge in [0.2, 0.25) is 0 Å². The minimum absolute atomic E-state index is 0.268. The zero-order valence-electron chi connectivity index (χ0n) is 17.3. The van der Waals surface area contributed by atoms with Gasteiger partial charge in [-0.2, -0.15) is 13.2 Å². The number of thiophene rings is 1. The standard InChI is InChI=1S/C20H20F3NOS.C2H2O4/c1-13-8-10-26-19(13)17(7-9-24-2)25-18-12-15(20(21,22)23)11-14-5-3-4-6-16(14)18;3-1(4)2(5)6/h3-6,8,10-12,17,24H,7,9H2,1-2H3;(H,3,4)(H,5,6). The topological polar surface area (TPSA) is 95.9 Å². The molecule has 1 unspecified atom stereocenters. The molecule has 3 rings (SSSR count). The number of benzene rings is 2. The van der Waals surface area contributed by atoms with Gasteiger partial charge >= 0.3 is 18.1 Å². The smallest absolute Gasteiger partial charge is 0.416 e. The molecule has 0 aliphatic carbocycles. The summed E-state index contributed by atoms with van der Waals surface area (Å²) in [4.78, 5) is 19.2. The molecule has 0 spiro atoms. The van der Waals surface area contributed by atoms with Gasteiger partial charge in [0.05, 0.1) is 5.56 Å². The predicted octanol–water partition coefficient (Wildman–Crippen LogP) is 5.11. The number of halogens is 3. The lowest BCUT2D eigenvalue weighted by Gasteiger charge is -2.21. The summed E-state index contributed by atoms with van der Waals surface area (Å²) in [5.41, 5.74) is 0.397. The lowest BCUT2D eigenvalue weighted by molar-refractivity contribution is -0.159. The molecule has 1 atom stereocenters. The molecular formula is C22H22F3NO5S. The van der Waals surface area contributed by atoms with E-state index in [1.165, 1.54) is 6.07 Å². The van der Waals surface area contributed by atoms with Crippen LogP contribution in [0.3, 0.4) is 0 Å². The molecule has 0 radical (unpaired) electrons. The summed E-state index contributed by atoms with van der Waals surface area (Å²) in [7, 11) is 1.85. The van der Waals surface area contributed by atoms with Crippen LogP contribution in [0.2, 0.25) is 0 Å². The van der Waals surface area contributed by atoms with Gasteiger partial charge in [-0.25, -0.2) is 9.59 Å². The second kappa shape index (κ2) is 11.0. The van der Waals surface area contributed by atoms with Crippen molar-refractivity contribution in [3.63, 3.8) is 0 Å². The van der Waals surface area contributed by atoms with E-state index in [1.54, 1.807) is 35.6 Å². The number of ether oxygens (including phenoxy) is 1. The molecule has 2 aromatic carbocycles. The molecule has 0 saturated carbocycles. The number of hydrogen-bond acceptors (Lipinski definition) is 5. The zero-order chi connectivity index (χ0) is 23.9. The Kier molecular flexibility index (Phi) is 8.62. The van der Waals surface area contributed by atoms with Crippen molar-refractivity contribution >= 4 is 34.0 Å². The molecular weight excluding hydrogens is 447 g/mol. The number of carboxylic acids is 2. The summed E-state index contributed by atoms with van der Waals surface area (Å²) >= 11 is 1.57. The number of hydrogen-bond donors (Lipinski definition) is 3. The van der Waals surface area contributed by atoms with Crippen molar-refractivity contribution in [2.45, 2.75) is 25.6 Å². The predicted molar refractivity (Wildman–Crippen MR) is 115 cm³/mol. The Morgan fingerprint density at radius 2 is 1.78 bits per heavy atom. The number of alkyl halides is 3. The van der Waals surface area contributed by atoms with Crippen LogP contribution in [0.1, 0.15) is 28.5 Å². The summed E-state index contributed by atoms with van der Waals surface area (Å²) in [5.74, 6) is -3.38. The summed E-state index contributed by atoms with van der Waals surface area (Å²) in [6.07, 6.45) is -4.04. The number of rotatable bonds is 6. The van der Waals surface area contributed by atoms with Gasteiger partial charge in [-0.3, -0.25) is 0 Å². The van der Waals surface area contributed by atoms with E-state index in [2.05, 4.69) is 5.32 Å². The molecule has 0 aliphatic rings. The maximum absolute atomic E-state index is 13.3. The van der Waals surface area contributed by atoms with Gasteiger partial charge in [-0.1, -0.05) is 24.3 Å². The van der Waals surface area contributed by atoms with Crippen molar-refractivity contribution in [3.8, 4) is 5.75 Å². The van der Waals surface area contributed by atoms with E-state index < -0.39 is 23.7 Å². The van der Waals surface area contributed by atoms with Crippen molar-refractivity contribution in [3.05, 3.63) is 63.8 Å². The molecule has 0 fully saturated rings. The molecule has 0 amide bonds. The van der Waals surface area contributed by atoms with Gasteiger partial charge in [0.1, 0.15) is 11.9 Å². The third kappa shape index (κ3) is 6.69. The molecule has 1 aromatic heterocycles. The minimum Gasteiger partial charge on any atom is -0.484 e. The fourth-order valence-corrected chi connectivity index (χ4v) is 3.91. The lowest BCUT2D eigenvalue weighted by atomic mass is 10.0. The van der Waals surface area contributed by atoms with Gasteiger partial charge in [0.25, 0.3) is 0 Å². The van der Waals surface area contributed by atoms with Crippen molar-refractivity contribution in [2.75, 3.05) is 13.6 Å². The first kappa shape index (κ1) is 25.2. The first-order chi connectivity index (χ1) is 15.0. The van der Waals surface area contributed by atoms with Gasteiger partial charge in [0.15, 0.2) is 0 Å². The van der Waals surface area contributed by atoms with E-state index >= 15 is 0 Å². The first-order valence-corrected chi connectivity index (χ1v) is 10.3. The summed E-state index contributed by atoms with van der Waals surface area (Å²) in [6, 6.07) is 11.3. The largest absolute Gasteiger partial charge is 0.484 e. The van der Waals surface area contributed by atoms with Crippen LogP contribution in [0.4, 0.5) is 13.2 Å². The van der Waals surface area contributed by atoms with Crippen molar-refractivity contribution in [1.82, 2.24) is 5.32 Å². The Morgan fingerprint density at radius 3 is 2.31 bits per heavy atom. The first-order valence-electron chi connectivity index (χ1n) is 9.46. The molecule has 3 aromatic rings. The van der Waals surface area contributed by atoms with Crippen molar-refractivity contribution in [1.29, 1.82) is 0 Å². The van der Waals surface area contributed by atoms with Crippen LogP contribution in [0, 0.1) is 6.92 Å². The molecule has 0 bridgehead atoms. The average Bonchev–Trinajstić information content (AvgIpc) is 3.16. The highest BCUT2D eigenvalue weighted by Crippen LogP contribution is 2.39. The maximum Gasteiger partial charge on any atom is 0.416 e. The van der Waals surface area contributed by atoms with E-state index in [9.17, 15) is 13.2 Å². The number of fused-ring (bicyclic) bond motifs is 1. The molecule has 3 N–H and O–H groups in total. The van der Waals surface area contributed by atoms with Crippen LogP contribution in [0.15, 0.2) is 47.8 Å². The second-order valence-corrected chi connectivity index (χ2v) is 7.72. The second-order valence-electron chi connectivity index (χ2n) is 6.77. The number of carboxylic acid groups (broad SMARTS) is 2. The third-order valence-electron chi connectivity index (χ3n) is 4.45. The average molecular weight is 469 g/mol. The van der Waals surface area contributed by atoms with Crippen LogP contribution < -0.4 is 10.1 Å². The molecule has 1 heterocycles. The van der Waals surface area contributed by atoms with Gasteiger partial charge in [-0.05, 0) is 55.0 Å². The van der Waals surface area contributed by atoms with Crippen LogP contribution in [0.5, 0.6) is 5.75 Å². The van der Waals surface area contributed by atoms with E-state index in [-0.39, 0.29) is 11.9 Å². The Morgan fingerprint density at radius 1 is 1.12 bits per heavy atom. The molecule has 32 heavy (non-hydrogen) atoms. The number of carbonyl (C=O) groups is 2.